The van der Waals surface area contributed by atoms with Crippen LogP contribution in [0.2, 0.25) is 0 Å². The molecule has 0 spiro atoms. The third-order valence-electron chi connectivity index (χ3n) is 4.41. The van der Waals surface area contributed by atoms with Crippen molar-refractivity contribution in [2.45, 2.75) is 13.5 Å². The summed E-state index contributed by atoms with van der Waals surface area (Å²) in [6, 6.07) is 12.2. The summed E-state index contributed by atoms with van der Waals surface area (Å²) in [5, 5.41) is 8.84. The fourth-order valence-corrected chi connectivity index (χ4v) is 2.99. The summed E-state index contributed by atoms with van der Waals surface area (Å²) in [5.41, 5.74) is 2.33. The number of carboxylic acid groups (broad SMARTS) is 1. The minimum absolute atomic E-state index is 0.108. The summed E-state index contributed by atoms with van der Waals surface area (Å²) in [6.07, 6.45) is -2.39. The number of hydrogen-bond acceptors (Lipinski definition) is 8. The predicted molar refractivity (Wildman–Crippen MR) is 105 cm³/mol. The molecule has 1 aromatic heterocycles. The highest BCUT2D eigenvalue weighted by Gasteiger charge is 2.46. The summed E-state index contributed by atoms with van der Waals surface area (Å²) in [6.45, 7) is 1.21. The van der Waals surface area contributed by atoms with Crippen molar-refractivity contribution >= 4 is 29.0 Å². The Balaban J connectivity index is 1.82. The number of ether oxygens (including phenoxy) is 3. The fourth-order valence-electron chi connectivity index (χ4n) is 2.99. The van der Waals surface area contributed by atoms with Gasteiger partial charge in [0.05, 0.1) is 14.2 Å². The van der Waals surface area contributed by atoms with E-state index in [1.165, 1.54) is 14.2 Å². The number of carbonyl (C=O) groups excluding carboxylic acids is 1. The Kier molecular flexibility index (Phi) is 6.19. The second-order valence-electron chi connectivity index (χ2n) is 6.24. The van der Waals surface area contributed by atoms with Crippen LogP contribution >= 0.6 is 0 Å². The Morgan fingerprint density at radius 1 is 1.17 bits per heavy atom. The zero-order chi connectivity index (χ0) is 21.7. The molecule has 0 aliphatic heterocycles. The lowest BCUT2D eigenvalue weighted by molar-refractivity contribution is -0.142. The largest absolute Gasteiger partial charge is 0.557 e. The number of hydrogen-bond donors (Lipinski definition) is 1. The normalized spacial score (nSPS) is 12.9. The van der Waals surface area contributed by atoms with Crippen molar-refractivity contribution in [2.24, 2.45) is 0 Å². The van der Waals surface area contributed by atoms with Gasteiger partial charge in [0.15, 0.2) is 17.9 Å². The summed E-state index contributed by atoms with van der Waals surface area (Å²) < 4.78 is 19.8. The third-order valence-corrected chi connectivity index (χ3v) is 4.41. The van der Waals surface area contributed by atoms with Gasteiger partial charge >= 0.3 is 12.2 Å². The minimum Gasteiger partial charge on any atom is -0.484 e. The van der Waals surface area contributed by atoms with Crippen LogP contribution in [0.5, 0.6) is 5.75 Å². The molecule has 10 heteroatoms. The number of aryl methyl sites for hydroxylation is 1. The smallest absolute Gasteiger partial charge is 0.484 e. The summed E-state index contributed by atoms with van der Waals surface area (Å²) >= 11 is 0. The Labute approximate surface area is 171 Å². The number of hydroxylamine groups is 2. The van der Waals surface area contributed by atoms with Gasteiger partial charge in [-0.15, -0.1) is 0 Å². The molecule has 2 aromatic carbocycles. The fraction of sp³-hybridized carbons (Fsp3) is 0.250. The lowest BCUT2D eigenvalue weighted by Gasteiger charge is -2.28. The van der Waals surface area contributed by atoms with Crippen LogP contribution in [0.4, 0.5) is 15.3 Å². The molecule has 0 bridgehead atoms. The first kappa shape index (κ1) is 21.1. The monoisotopic (exact) mass is 417 g/mol. The van der Waals surface area contributed by atoms with Gasteiger partial charge in [-0.2, -0.15) is 9.63 Å². The molecule has 0 saturated carbocycles. The third kappa shape index (κ3) is 4.19. The molecule has 0 fully saturated rings. The van der Waals surface area contributed by atoms with Gasteiger partial charge in [0.25, 0.3) is 6.73 Å². The van der Waals surface area contributed by atoms with Crippen molar-refractivity contribution in [1.82, 2.24) is 9.63 Å². The molecule has 0 saturated heterocycles. The Morgan fingerprint density at radius 2 is 1.93 bits per heavy atom. The molecule has 0 radical (unpaired) electrons. The zero-order valence-electron chi connectivity index (χ0n) is 16.7. The number of rotatable bonds is 7. The van der Waals surface area contributed by atoms with Crippen LogP contribution < -0.4 is 9.38 Å². The summed E-state index contributed by atoms with van der Waals surface area (Å²) in [4.78, 5) is 32.9. The second-order valence-corrected chi connectivity index (χ2v) is 6.24. The van der Waals surface area contributed by atoms with Gasteiger partial charge in [0, 0.05) is 11.6 Å². The van der Waals surface area contributed by atoms with Crippen molar-refractivity contribution in [3.05, 3.63) is 53.9 Å². The van der Waals surface area contributed by atoms with Crippen molar-refractivity contribution in [3.63, 3.8) is 0 Å². The van der Waals surface area contributed by atoms with Gasteiger partial charge in [-0.25, -0.2) is 9.78 Å². The maximum atomic E-state index is 12.4. The molecular formula is C20H21N2O8+. The molecular weight excluding hydrogens is 396 g/mol. The highest BCUT2D eigenvalue weighted by Crippen LogP contribution is 2.32. The first-order valence-corrected chi connectivity index (χ1v) is 8.86. The van der Waals surface area contributed by atoms with E-state index in [4.69, 9.17) is 23.8 Å². The topological polar surface area (TPSA) is 117 Å². The first-order valence-electron chi connectivity index (χ1n) is 8.86. The molecule has 3 rings (SSSR count). The number of methoxy groups -OCH3 is 1. The Hall–Kier alpha value is -3.63. The summed E-state index contributed by atoms with van der Waals surface area (Å²) in [5.74, 6) is 0.918. The van der Waals surface area contributed by atoms with Crippen LogP contribution in [0.1, 0.15) is 11.5 Å². The van der Waals surface area contributed by atoms with Gasteiger partial charge in [-0.05, 0) is 35.8 Å². The van der Waals surface area contributed by atoms with E-state index >= 15 is 0 Å². The molecule has 158 valence electrons. The van der Waals surface area contributed by atoms with Crippen molar-refractivity contribution in [1.29, 1.82) is 0 Å². The van der Waals surface area contributed by atoms with Gasteiger partial charge < -0.3 is 23.7 Å². The lowest BCUT2D eigenvalue weighted by atomic mass is 10.1. The molecule has 0 aliphatic rings. The molecule has 30 heavy (non-hydrogen) atoms. The van der Waals surface area contributed by atoms with Crippen molar-refractivity contribution in [3.8, 4) is 5.75 Å². The van der Waals surface area contributed by atoms with Gasteiger partial charge in [0.1, 0.15) is 11.3 Å². The highest BCUT2D eigenvalue weighted by atomic mass is 16.8. The average molecular weight is 417 g/mol. The molecule has 0 aliphatic carbocycles. The SMILES string of the molecule is COC(=O)[N+](COC(=O)O)(OC)c1ccc(OCc2nc3ccccc3o2)cc1C. The second kappa shape index (κ2) is 8.80. The molecule has 1 amide bonds. The maximum absolute atomic E-state index is 12.4. The van der Waals surface area contributed by atoms with Gasteiger partial charge in [0.2, 0.25) is 5.89 Å². The van der Waals surface area contributed by atoms with E-state index in [-0.39, 0.29) is 6.61 Å². The van der Waals surface area contributed by atoms with Crippen molar-refractivity contribution < 1.29 is 38.2 Å². The van der Waals surface area contributed by atoms with E-state index in [0.717, 1.165) is 5.52 Å². The standard InChI is InChI=1S/C20H20N2O8/c1-13-10-14(28-11-18-21-15-6-4-5-7-17(15)30-18)8-9-16(13)22(27-3,19(23)26-2)12-29-20(24)25/h4-10H,11-12H2,1-3H3/p+1. The number of amides is 1. The van der Waals surface area contributed by atoms with Crippen LogP contribution in [-0.4, -0.2) is 43.3 Å². The Morgan fingerprint density at radius 3 is 2.57 bits per heavy atom. The molecule has 10 nitrogen and oxygen atoms in total. The maximum Gasteiger partial charge on any atom is 0.557 e. The number of oxazole rings is 1. The van der Waals surface area contributed by atoms with E-state index in [1.54, 1.807) is 25.1 Å². The Bertz CT molecular complexity index is 1030. The zero-order valence-corrected chi connectivity index (χ0v) is 16.7. The van der Waals surface area contributed by atoms with Crippen LogP contribution in [-0.2, 0) is 20.9 Å². The number of carbonyl (C=O) groups is 2. The number of fused-ring (bicyclic) bond motifs is 1. The summed E-state index contributed by atoms with van der Waals surface area (Å²) in [7, 11) is 2.42. The molecule has 1 heterocycles. The van der Waals surface area contributed by atoms with E-state index in [2.05, 4.69) is 9.72 Å². The molecule has 1 atom stereocenters. The minimum atomic E-state index is -1.55. The van der Waals surface area contributed by atoms with Crippen LogP contribution in [0.15, 0.2) is 46.9 Å². The van der Waals surface area contributed by atoms with Crippen LogP contribution in [0.3, 0.4) is 0 Å². The number of benzene rings is 2. The predicted octanol–water partition coefficient (Wildman–Crippen LogP) is 4.00. The van der Waals surface area contributed by atoms with E-state index in [1.807, 2.05) is 24.3 Å². The number of quaternary nitrogens is 1. The first-order chi connectivity index (χ1) is 14.4. The number of para-hydroxylation sites is 2. The van der Waals surface area contributed by atoms with Crippen molar-refractivity contribution in [2.75, 3.05) is 21.0 Å². The average Bonchev–Trinajstić information content (AvgIpc) is 3.16. The molecule has 3 aromatic rings. The van der Waals surface area contributed by atoms with E-state index in [0.29, 0.717) is 28.5 Å². The van der Waals surface area contributed by atoms with Gasteiger partial charge in [-0.1, -0.05) is 12.1 Å². The van der Waals surface area contributed by atoms with E-state index in [9.17, 15) is 9.59 Å². The molecule has 1 N–H and O–H groups in total. The number of aromatic nitrogens is 1. The van der Waals surface area contributed by atoms with Crippen LogP contribution in [0.25, 0.3) is 11.1 Å². The highest BCUT2D eigenvalue weighted by molar-refractivity contribution is 5.81. The van der Waals surface area contributed by atoms with E-state index < -0.39 is 23.6 Å². The quantitative estimate of drug-likeness (QED) is 0.263. The van der Waals surface area contributed by atoms with Gasteiger partial charge in [-0.3, -0.25) is 0 Å². The molecule has 1 unspecified atom stereocenters. The number of nitrogens with zero attached hydrogens (tertiary/aromatic N) is 2. The lowest BCUT2D eigenvalue weighted by Crippen LogP contribution is -2.55. The van der Waals surface area contributed by atoms with Crippen LogP contribution in [0, 0.1) is 6.92 Å².